The maximum absolute atomic E-state index is 14.0. The van der Waals surface area contributed by atoms with Gasteiger partial charge in [0, 0.05) is 37.3 Å². The van der Waals surface area contributed by atoms with E-state index in [1.807, 2.05) is 15.9 Å². The van der Waals surface area contributed by atoms with E-state index in [1.165, 1.54) is 6.07 Å². The maximum atomic E-state index is 14.0. The number of rotatable bonds is 2. The molecule has 0 aliphatic carbocycles. The molecule has 3 heterocycles. The highest BCUT2D eigenvalue weighted by Crippen LogP contribution is 2.43. The predicted octanol–water partition coefficient (Wildman–Crippen LogP) is 4.55. The molecule has 1 amide bonds. The smallest absolute Gasteiger partial charge is 0.272 e. The van der Waals surface area contributed by atoms with E-state index in [-0.39, 0.29) is 34.3 Å². The first-order valence-corrected chi connectivity index (χ1v) is 10.2. The van der Waals surface area contributed by atoms with Crippen LogP contribution in [0.4, 0.5) is 15.8 Å². The van der Waals surface area contributed by atoms with Crippen LogP contribution in [-0.4, -0.2) is 47.5 Å². The molecule has 0 bridgehead atoms. The highest BCUT2D eigenvalue weighted by molar-refractivity contribution is 6.30. The van der Waals surface area contributed by atoms with E-state index in [4.69, 9.17) is 16.6 Å². The minimum atomic E-state index is -0.448. The van der Waals surface area contributed by atoms with Crippen LogP contribution >= 0.6 is 24.0 Å². The molecule has 1 N–H and O–H groups in total. The van der Waals surface area contributed by atoms with Crippen LogP contribution in [-0.2, 0) is 5.41 Å². The molecule has 0 atom stereocenters. The summed E-state index contributed by atoms with van der Waals surface area (Å²) in [5.41, 5.74) is 2.39. The number of nitrogens with zero attached hydrogens (tertiary/aromatic N) is 3. The Labute approximate surface area is 188 Å². The molecule has 0 radical (unpaired) electrons. The zero-order valence-electron chi connectivity index (χ0n) is 17.6. The molecule has 30 heavy (non-hydrogen) atoms. The van der Waals surface area contributed by atoms with Crippen LogP contribution in [0.15, 0.2) is 30.3 Å². The molecule has 1 saturated heterocycles. The van der Waals surface area contributed by atoms with Gasteiger partial charge in [-0.2, -0.15) is 0 Å². The average molecular weight is 453 g/mol. The summed E-state index contributed by atoms with van der Waals surface area (Å²) in [6, 6.07) is 8.51. The van der Waals surface area contributed by atoms with E-state index in [1.54, 1.807) is 18.2 Å². The molecule has 0 unspecified atom stereocenters. The fourth-order valence-electron chi connectivity index (χ4n) is 4.22. The summed E-state index contributed by atoms with van der Waals surface area (Å²) in [4.78, 5) is 21.9. The highest BCUT2D eigenvalue weighted by Gasteiger charge is 2.40. The van der Waals surface area contributed by atoms with Crippen molar-refractivity contribution in [3.05, 3.63) is 52.6 Å². The van der Waals surface area contributed by atoms with Gasteiger partial charge in [-0.05, 0) is 44.2 Å². The Kier molecular flexibility index (Phi) is 6.07. The lowest BCUT2D eigenvalue weighted by Gasteiger charge is -2.42. The largest absolute Gasteiger partial charge is 0.339 e. The molecule has 2 aliphatic heterocycles. The second-order valence-electron chi connectivity index (χ2n) is 9.08. The van der Waals surface area contributed by atoms with Crippen molar-refractivity contribution in [2.75, 3.05) is 31.1 Å². The van der Waals surface area contributed by atoms with Gasteiger partial charge in [0.25, 0.3) is 5.91 Å². The molecule has 1 fully saturated rings. The Balaban J connectivity index is 0.00000256. The van der Waals surface area contributed by atoms with Crippen molar-refractivity contribution in [2.24, 2.45) is 0 Å². The number of pyridine rings is 1. The first-order valence-electron chi connectivity index (χ1n) is 9.87. The minimum absolute atomic E-state index is 0. The lowest BCUT2D eigenvalue weighted by Crippen LogP contribution is -2.60. The molecule has 8 heteroatoms. The van der Waals surface area contributed by atoms with Crippen LogP contribution in [0.1, 0.15) is 43.9 Å². The molecular formula is C22H27Cl2FN4O. The molecule has 0 spiro atoms. The number of amides is 1. The lowest BCUT2D eigenvalue weighted by atomic mass is 9.91. The number of fused-ring (bicyclic) bond motifs is 1. The second kappa shape index (κ2) is 7.98. The number of halogens is 3. The first-order chi connectivity index (χ1) is 13.6. The van der Waals surface area contributed by atoms with Gasteiger partial charge in [0.1, 0.15) is 11.5 Å². The molecule has 1 aromatic carbocycles. The summed E-state index contributed by atoms with van der Waals surface area (Å²) in [7, 11) is 0. The number of anilines is 2. The maximum Gasteiger partial charge on any atom is 0.272 e. The number of aromatic nitrogens is 1. The number of hydrogen-bond acceptors (Lipinski definition) is 4. The topological polar surface area (TPSA) is 48.5 Å². The summed E-state index contributed by atoms with van der Waals surface area (Å²) in [6.07, 6.45) is 0. The Morgan fingerprint density at radius 2 is 1.93 bits per heavy atom. The Bertz CT molecular complexity index is 980. The van der Waals surface area contributed by atoms with E-state index in [0.717, 1.165) is 30.2 Å². The van der Waals surface area contributed by atoms with Crippen LogP contribution in [0.25, 0.3) is 0 Å². The molecular weight excluding hydrogens is 426 g/mol. The number of piperazine rings is 1. The third-order valence-electron chi connectivity index (χ3n) is 5.84. The monoisotopic (exact) mass is 452 g/mol. The fourth-order valence-corrected chi connectivity index (χ4v) is 4.34. The van der Waals surface area contributed by atoms with Crippen LogP contribution in [0.3, 0.4) is 0 Å². The summed E-state index contributed by atoms with van der Waals surface area (Å²) in [5.74, 6) is -0.498. The van der Waals surface area contributed by atoms with Gasteiger partial charge in [-0.3, -0.25) is 4.79 Å². The molecule has 0 saturated carbocycles. The van der Waals surface area contributed by atoms with Gasteiger partial charge in [-0.15, -0.1) is 12.4 Å². The van der Waals surface area contributed by atoms with Crippen molar-refractivity contribution in [3.63, 3.8) is 0 Å². The van der Waals surface area contributed by atoms with Crippen molar-refractivity contribution in [1.82, 2.24) is 15.2 Å². The third-order valence-corrected chi connectivity index (χ3v) is 6.15. The number of carbonyl (C=O) groups is 1. The van der Waals surface area contributed by atoms with Crippen molar-refractivity contribution >= 4 is 41.3 Å². The summed E-state index contributed by atoms with van der Waals surface area (Å²) < 4.78 is 14.0. The average Bonchev–Trinajstić information content (AvgIpc) is 2.94. The van der Waals surface area contributed by atoms with E-state index < -0.39 is 5.82 Å². The van der Waals surface area contributed by atoms with E-state index in [9.17, 15) is 9.18 Å². The molecule has 4 rings (SSSR count). The van der Waals surface area contributed by atoms with Gasteiger partial charge in [0.2, 0.25) is 0 Å². The van der Waals surface area contributed by atoms with Gasteiger partial charge >= 0.3 is 0 Å². The van der Waals surface area contributed by atoms with Crippen molar-refractivity contribution in [2.45, 2.75) is 38.6 Å². The number of nitrogens with one attached hydrogen (secondary N) is 1. The van der Waals surface area contributed by atoms with Crippen molar-refractivity contribution in [3.8, 4) is 0 Å². The van der Waals surface area contributed by atoms with Gasteiger partial charge in [0.15, 0.2) is 0 Å². The van der Waals surface area contributed by atoms with Gasteiger partial charge in [-0.1, -0.05) is 25.4 Å². The normalized spacial score (nSPS) is 19.3. The fraction of sp³-hybridized carbons (Fsp3) is 0.455. The summed E-state index contributed by atoms with van der Waals surface area (Å²) in [6.45, 7) is 11.1. The zero-order valence-corrected chi connectivity index (χ0v) is 19.2. The van der Waals surface area contributed by atoms with Gasteiger partial charge in [-0.25, -0.2) is 9.37 Å². The number of carbonyl (C=O) groups excluding carboxylic acids is 1. The zero-order chi connectivity index (χ0) is 21.0. The van der Waals surface area contributed by atoms with Gasteiger partial charge in [0.05, 0.1) is 21.9 Å². The lowest BCUT2D eigenvalue weighted by molar-refractivity contribution is 0.0471. The number of hydrogen-bond donors (Lipinski definition) is 1. The third kappa shape index (κ3) is 3.88. The van der Waals surface area contributed by atoms with Crippen LogP contribution < -0.4 is 10.2 Å². The second-order valence-corrected chi connectivity index (χ2v) is 9.49. The molecule has 1 aromatic heterocycles. The van der Waals surface area contributed by atoms with Crippen molar-refractivity contribution < 1.29 is 9.18 Å². The van der Waals surface area contributed by atoms with Crippen LogP contribution in [0, 0.1) is 5.82 Å². The van der Waals surface area contributed by atoms with Crippen LogP contribution in [0.2, 0.25) is 5.02 Å². The quantitative estimate of drug-likeness (QED) is 0.725. The molecule has 5 nitrogen and oxygen atoms in total. The standard InChI is InChI=1S/C22H26ClFN4O.ClH/c1-21(2)13-27(14-5-6-15(23)16(24)11-14)18-8-7-17(26-19(18)21)20(29)28-10-9-25-12-22(28,3)4;/h5-8,11,25H,9-10,12-13H2,1-4H3;1H. The molecule has 2 aliphatic rings. The van der Waals surface area contributed by atoms with E-state index >= 15 is 0 Å². The minimum Gasteiger partial charge on any atom is -0.339 e. The van der Waals surface area contributed by atoms with Gasteiger partial charge < -0.3 is 15.1 Å². The Morgan fingerprint density at radius 1 is 1.20 bits per heavy atom. The summed E-state index contributed by atoms with van der Waals surface area (Å²) in [5, 5.41) is 3.44. The van der Waals surface area contributed by atoms with E-state index in [0.29, 0.717) is 18.8 Å². The van der Waals surface area contributed by atoms with Crippen LogP contribution in [0.5, 0.6) is 0 Å². The molecule has 2 aromatic rings. The highest BCUT2D eigenvalue weighted by atomic mass is 35.5. The first kappa shape index (κ1) is 22.8. The van der Waals surface area contributed by atoms with Crippen molar-refractivity contribution in [1.29, 1.82) is 0 Å². The Hall–Kier alpha value is -1.89. The predicted molar refractivity (Wildman–Crippen MR) is 121 cm³/mol. The Morgan fingerprint density at radius 3 is 2.60 bits per heavy atom. The van der Waals surface area contributed by atoms with E-state index in [2.05, 4.69) is 33.0 Å². The molecule has 162 valence electrons. The SMILES string of the molecule is CC1(C)CN(c2ccc(Cl)c(F)c2)c2ccc(C(=O)N3CCNCC3(C)C)nc21.Cl. The number of benzene rings is 1. The summed E-state index contributed by atoms with van der Waals surface area (Å²) >= 11 is 5.84.